The van der Waals surface area contributed by atoms with E-state index in [-0.39, 0.29) is 17.0 Å². The Morgan fingerprint density at radius 2 is 1.77 bits per heavy atom. The molecule has 7 nitrogen and oxygen atoms in total. The average molecular weight is 433 g/mol. The Kier molecular flexibility index (Phi) is 5.48. The van der Waals surface area contributed by atoms with Crippen LogP contribution >= 0.6 is 0 Å². The van der Waals surface area contributed by atoms with Gasteiger partial charge in [-0.25, -0.2) is 13.4 Å². The highest BCUT2D eigenvalue weighted by atomic mass is 32.2. The number of sulfone groups is 1. The van der Waals surface area contributed by atoms with Gasteiger partial charge in [0.2, 0.25) is 0 Å². The van der Waals surface area contributed by atoms with Crippen LogP contribution < -0.4 is 5.32 Å². The third kappa shape index (κ3) is 4.59. The number of benzene rings is 1. The minimum absolute atomic E-state index is 0.0432. The highest BCUT2D eigenvalue weighted by molar-refractivity contribution is 7.90. The quantitative estimate of drug-likeness (QED) is 0.519. The highest BCUT2D eigenvalue weighted by Gasteiger charge is 2.16. The summed E-state index contributed by atoms with van der Waals surface area (Å²) in [4.78, 5) is 25.7. The van der Waals surface area contributed by atoms with Crippen molar-refractivity contribution in [2.45, 2.75) is 18.4 Å². The van der Waals surface area contributed by atoms with Crippen LogP contribution in [0.5, 0.6) is 0 Å². The van der Waals surface area contributed by atoms with Crippen LogP contribution in [-0.2, 0) is 16.4 Å². The minimum atomic E-state index is -3.47. The molecule has 0 spiro atoms. The van der Waals surface area contributed by atoms with Crippen LogP contribution in [0.1, 0.15) is 21.7 Å². The van der Waals surface area contributed by atoms with Crippen molar-refractivity contribution in [2.75, 3.05) is 6.26 Å². The number of nitrogens with one attached hydrogen (secondary N) is 1. The number of carbonyl (C=O) groups is 1. The zero-order valence-electron chi connectivity index (χ0n) is 17.0. The second-order valence-electron chi connectivity index (χ2n) is 7.19. The molecule has 1 N–H and O–H groups in total. The van der Waals surface area contributed by atoms with Crippen molar-refractivity contribution in [3.05, 3.63) is 83.9 Å². The molecule has 0 fully saturated rings. The number of hydrogen-bond donors (Lipinski definition) is 1. The van der Waals surface area contributed by atoms with E-state index in [2.05, 4.69) is 15.3 Å². The first-order chi connectivity index (χ1) is 14.8. The maximum Gasteiger partial charge on any atom is 0.253 e. The number of aryl methyl sites for hydroxylation is 1. The third-order valence-corrected chi connectivity index (χ3v) is 6.04. The first-order valence-electron chi connectivity index (χ1n) is 9.57. The van der Waals surface area contributed by atoms with Gasteiger partial charge in [-0.3, -0.25) is 14.8 Å². The van der Waals surface area contributed by atoms with Gasteiger partial charge in [-0.05, 0) is 31.2 Å². The molecule has 4 rings (SSSR count). The molecule has 0 saturated heterocycles. The van der Waals surface area contributed by atoms with Crippen LogP contribution in [0.4, 0.5) is 0 Å². The van der Waals surface area contributed by atoms with Gasteiger partial charge >= 0.3 is 0 Å². The van der Waals surface area contributed by atoms with Crippen LogP contribution in [0.2, 0.25) is 0 Å². The monoisotopic (exact) mass is 432 g/mol. The SMILES string of the molecule is Cc1ncc(C(=O)NCc2cc3nc(-c4ccccc4)ccc3cn2)cc1S(C)(=O)=O. The summed E-state index contributed by atoms with van der Waals surface area (Å²) in [7, 11) is -3.47. The van der Waals surface area contributed by atoms with Gasteiger partial charge in [-0.1, -0.05) is 30.3 Å². The van der Waals surface area contributed by atoms with E-state index in [0.29, 0.717) is 11.4 Å². The molecule has 0 aliphatic heterocycles. The van der Waals surface area contributed by atoms with Crippen LogP contribution in [0.15, 0.2) is 71.9 Å². The fourth-order valence-electron chi connectivity index (χ4n) is 3.21. The topological polar surface area (TPSA) is 102 Å². The summed E-state index contributed by atoms with van der Waals surface area (Å²) >= 11 is 0. The van der Waals surface area contributed by atoms with Gasteiger partial charge in [0.05, 0.1) is 39.6 Å². The molecule has 0 unspecified atom stereocenters. The van der Waals surface area contributed by atoms with Gasteiger partial charge in [0.25, 0.3) is 5.91 Å². The van der Waals surface area contributed by atoms with Crippen molar-refractivity contribution >= 4 is 26.6 Å². The summed E-state index contributed by atoms with van der Waals surface area (Å²) in [5, 5.41) is 3.66. The molecule has 0 aliphatic carbocycles. The Labute approximate surface area is 180 Å². The van der Waals surface area contributed by atoms with Gasteiger partial charge in [-0.2, -0.15) is 0 Å². The van der Waals surface area contributed by atoms with E-state index in [9.17, 15) is 13.2 Å². The summed E-state index contributed by atoms with van der Waals surface area (Å²) < 4.78 is 23.7. The van der Waals surface area contributed by atoms with Gasteiger partial charge in [0.15, 0.2) is 9.84 Å². The second-order valence-corrected chi connectivity index (χ2v) is 9.18. The molecule has 3 heterocycles. The Hall–Kier alpha value is -3.65. The highest BCUT2D eigenvalue weighted by Crippen LogP contribution is 2.21. The zero-order chi connectivity index (χ0) is 22.0. The van der Waals surface area contributed by atoms with E-state index < -0.39 is 15.7 Å². The fourth-order valence-corrected chi connectivity index (χ4v) is 4.14. The molecule has 0 aliphatic rings. The number of hydrogen-bond acceptors (Lipinski definition) is 6. The van der Waals surface area contributed by atoms with E-state index in [4.69, 9.17) is 4.98 Å². The predicted molar refractivity (Wildman–Crippen MR) is 118 cm³/mol. The van der Waals surface area contributed by atoms with E-state index in [1.165, 1.54) is 12.3 Å². The van der Waals surface area contributed by atoms with Gasteiger partial charge in [-0.15, -0.1) is 0 Å². The van der Waals surface area contributed by atoms with Crippen molar-refractivity contribution in [3.8, 4) is 11.3 Å². The van der Waals surface area contributed by atoms with Crippen molar-refractivity contribution in [1.82, 2.24) is 20.3 Å². The number of nitrogens with zero attached hydrogens (tertiary/aromatic N) is 3. The summed E-state index contributed by atoms with van der Waals surface area (Å²) in [5.74, 6) is -0.426. The first kappa shape index (κ1) is 20.6. The Bertz CT molecular complexity index is 1390. The van der Waals surface area contributed by atoms with E-state index in [0.717, 1.165) is 28.4 Å². The van der Waals surface area contributed by atoms with Crippen LogP contribution in [0.3, 0.4) is 0 Å². The molecule has 8 heteroatoms. The zero-order valence-corrected chi connectivity index (χ0v) is 17.8. The fraction of sp³-hybridized carbons (Fsp3) is 0.130. The Morgan fingerprint density at radius 1 is 1.00 bits per heavy atom. The lowest BCUT2D eigenvalue weighted by Crippen LogP contribution is -2.24. The largest absolute Gasteiger partial charge is 0.346 e. The summed E-state index contributed by atoms with van der Waals surface area (Å²) in [6.07, 6.45) is 4.17. The Balaban J connectivity index is 1.54. The van der Waals surface area contributed by atoms with Crippen molar-refractivity contribution < 1.29 is 13.2 Å². The molecule has 0 radical (unpaired) electrons. The number of carbonyl (C=O) groups excluding carboxylic acids is 1. The van der Waals surface area contributed by atoms with E-state index in [1.54, 1.807) is 13.1 Å². The second kappa shape index (κ2) is 8.23. The molecule has 0 bridgehead atoms. The van der Waals surface area contributed by atoms with Gasteiger partial charge in [0.1, 0.15) is 0 Å². The summed E-state index contributed by atoms with van der Waals surface area (Å²) in [5.41, 5.74) is 3.82. The molecule has 3 aromatic heterocycles. The number of pyridine rings is 3. The normalized spacial score (nSPS) is 11.4. The van der Waals surface area contributed by atoms with Crippen LogP contribution in [-0.4, -0.2) is 35.5 Å². The predicted octanol–water partition coefficient (Wildman–Crippen LogP) is 3.33. The summed E-state index contributed by atoms with van der Waals surface area (Å²) in [6.45, 7) is 1.77. The molecule has 1 aromatic carbocycles. The summed E-state index contributed by atoms with van der Waals surface area (Å²) in [6, 6.07) is 17.0. The van der Waals surface area contributed by atoms with Gasteiger partial charge in [0, 0.05) is 29.6 Å². The molecular formula is C23H20N4O3S. The van der Waals surface area contributed by atoms with Crippen molar-refractivity contribution in [1.29, 1.82) is 0 Å². The molecule has 31 heavy (non-hydrogen) atoms. The number of rotatable bonds is 5. The maximum atomic E-state index is 12.5. The molecule has 1 amide bonds. The van der Waals surface area contributed by atoms with E-state index in [1.807, 2.05) is 48.5 Å². The molecular weight excluding hydrogens is 412 g/mol. The lowest BCUT2D eigenvalue weighted by atomic mass is 10.1. The molecule has 156 valence electrons. The standard InChI is InChI=1S/C23H20N4O3S/c1-15-22(31(2,29)30)10-18(13-24-15)23(28)26-14-19-11-21-17(12-25-19)8-9-20(27-21)16-6-4-3-5-7-16/h3-13H,14H2,1-2H3,(H,26,28). The number of aromatic nitrogens is 3. The smallest absolute Gasteiger partial charge is 0.253 e. The Morgan fingerprint density at radius 3 is 2.52 bits per heavy atom. The minimum Gasteiger partial charge on any atom is -0.346 e. The maximum absolute atomic E-state index is 12.5. The first-order valence-corrected chi connectivity index (χ1v) is 11.5. The number of amides is 1. The third-order valence-electron chi connectivity index (χ3n) is 4.83. The van der Waals surface area contributed by atoms with Crippen molar-refractivity contribution in [3.63, 3.8) is 0 Å². The molecule has 0 saturated carbocycles. The van der Waals surface area contributed by atoms with Gasteiger partial charge < -0.3 is 5.32 Å². The van der Waals surface area contributed by atoms with E-state index >= 15 is 0 Å². The lowest BCUT2D eigenvalue weighted by Gasteiger charge is -2.09. The van der Waals surface area contributed by atoms with Crippen LogP contribution in [0, 0.1) is 6.92 Å². The number of fused-ring (bicyclic) bond motifs is 1. The van der Waals surface area contributed by atoms with Crippen molar-refractivity contribution in [2.24, 2.45) is 0 Å². The average Bonchev–Trinajstić information content (AvgIpc) is 2.77. The molecule has 0 atom stereocenters. The molecule has 4 aromatic rings. The lowest BCUT2D eigenvalue weighted by molar-refractivity contribution is 0.0950. The van der Waals surface area contributed by atoms with Crippen LogP contribution in [0.25, 0.3) is 22.2 Å².